The van der Waals surface area contributed by atoms with Crippen LogP contribution in [0.1, 0.15) is 12.5 Å². The van der Waals surface area contributed by atoms with E-state index in [1.54, 1.807) is 25.2 Å². The molecular formula is C15H18N2O2S. The van der Waals surface area contributed by atoms with E-state index in [1.165, 1.54) is 15.9 Å². The first kappa shape index (κ1) is 14.4. The second-order valence-corrected chi connectivity index (χ2v) is 6.53. The molecule has 0 aromatic heterocycles. The van der Waals surface area contributed by atoms with Gasteiger partial charge in [0.2, 0.25) is 0 Å². The first-order valence-electron chi connectivity index (χ1n) is 6.38. The van der Waals surface area contributed by atoms with Crippen molar-refractivity contribution in [3.63, 3.8) is 0 Å². The fraction of sp³-hybridized carbons (Fsp3) is 0.200. The van der Waals surface area contributed by atoms with Crippen molar-refractivity contribution in [3.05, 3.63) is 54.1 Å². The molecule has 2 aromatic rings. The lowest BCUT2D eigenvalue weighted by atomic mass is 10.1. The molecule has 0 atom stereocenters. The highest BCUT2D eigenvalue weighted by Gasteiger charge is 2.21. The smallest absolute Gasteiger partial charge is 0.264 e. The molecule has 0 heterocycles. The molecule has 0 fully saturated rings. The predicted octanol–water partition coefficient (Wildman–Crippen LogP) is 2.66. The molecule has 0 aliphatic rings. The van der Waals surface area contributed by atoms with E-state index in [2.05, 4.69) is 6.92 Å². The highest BCUT2D eigenvalue weighted by Crippen LogP contribution is 2.23. The van der Waals surface area contributed by atoms with E-state index in [0.717, 1.165) is 6.42 Å². The SMILES string of the molecule is CCc1ccc(N(C)S(=O)(=O)c2cccc(N)c2)cc1. The lowest BCUT2D eigenvalue weighted by molar-refractivity contribution is 0.594. The normalized spacial score (nSPS) is 11.3. The van der Waals surface area contributed by atoms with Gasteiger partial charge in [0, 0.05) is 12.7 Å². The summed E-state index contributed by atoms with van der Waals surface area (Å²) in [6.45, 7) is 2.06. The minimum atomic E-state index is -3.58. The zero-order valence-electron chi connectivity index (χ0n) is 11.6. The van der Waals surface area contributed by atoms with Crippen LogP contribution >= 0.6 is 0 Å². The van der Waals surface area contributed by atoms with Crippen molar-refractivity contribution in [3.8, 4) is 0 Å². The van der Waals surface area contributed by atoms with Crippen LogP contribution in [-0.2, 0) is 16.4 Å². The zero-order valence-corrected chi connectivity index (χ0v) is 12.4. The van der Waals surface area contributed by atoms with Gasteiger partial charge in [-0.15, -0.1) is 0 Å². The van der Waals surface area contributed by atoms with Crippen molar-refractivity contribution in [1.29, 1.82) is 0 Å². The summed E-state index contributed by atoms with van der Waals surface area (Å²) in [7, 11) is -2.04. The third-order valence-corrected chi connectivity index (χ3v) is 5.01. The predicted molar refractivity (Wildman–Crippen MR) is 82.3 cm³/mol. The second-order valence-electron chi connectivity index (χ2n) is 4.57. The van der Waals surface area contributed by atoms with Crippen LogP contribution in [0.4, 0.5) is 11.4 Å². The molecule has 2 aromatic carbocycles. The van der Waals surface area contributed by atoms with Crippen LogP contribution in [0.2, 0.25) is 0 Å². The quantitative estimate of drug-likeness (QED) is 0.880. The highest BCUT2D eigenvalue weighted by atomic mass is 32.2. The maximum absolute atomic E-state index is 12.5. The van der Waals surface area contributed by atoms with Gasteiger partial charge in [-0.25, -0.2) is 8.42 Å². The summed E-state index contributed by atoms with van der Waals surface area (Å²) in [5, 5.41) is 0. The lowest BCUT2D eigenvalue weighted by Crippen LogP contribution is -2.26. The van der Waals surface area contributed by atoms with Crippen LogP contribution in [-0.4, -0.2) is 15.5 Å². The lowest BCUT2D eigenvalue weighted by Gasteiger charge is -2.20. The van der Waals surface area contributed by atoms with Gasteiger partial charge in [0.15, 0.2) is 0 Å². The van der Waals surface area contributed by atoms with E-state index in [4.69, 9.17) is 5.73 Å². The van der Waals surface area contributed by atoms with Gasteiger partial charge >= 0.3 is 0 Å². The molecule has 20 heavy (non-hydrogen) atoms. The number of nitrogens with two attached hydrogens (primary N) is 1. The van der Waals surface area contributed by atoms with E-state index in [1.807, 2.05) is 24.3 Å². The van der Waals surface area contributed by atoms with Gasteiger partial charge in [-0.1, -0.05) is 25.1 Å². The third-order valence-electron chi connectivity index (χ3n) is 3.22. The Morgan fingerprint density at radius 2 is 1.75 bits per heavy atom. The molecule has 5 heteroatoms. The minimum Gasteiger partial charge on any atom is -0.399 e. The number of aryl methyl sites for hydroxylation is 1. The Bertz CT molecular complexity index is 694. The first-order valence-corrected chi connectivity index (χ1v) is 7.82. The highest BCUT2D eigenvalue weighted by molar-refractivity contribution is 7.92. The molecule has 0 saturated heterocycles. The van der Waals surface area contributed by atoms with Gasteiger partial charge in [0.25, 0.3) is 10.0 Å². The summed E-state index contributed by atoms with van der Waals surface area (Å²) >= 11 is 0. The number of benzene rings is 2. The molecule has 0 radical (unpaired) electrons. The fourth-order valence-electron chi connectivity index (χ4n) is 1.91. The van der Waals surface area contributed by atoms with Gasteiger partial charge < -0.3 is 5.73 Å². The third kappa shape index (κ3) is 2.77. The van der Waals surface area contributed by atoms with E-state index in [9.17, 15) is 8.42 Å². The van der Waals surface area contributed by atoms with Gasteiger partial charge in [-0.3, -0.25) is 4.31 Å². The van der Waals surface area contributed by atoms with E-state index in [0.29, 0.717) is 11.4 Å². The maximum Gasteiger partial charge on any atom is 0.264 e. The average molecular weight is 290 g/mol. The Kier molecular flexibility index (Phi) is 3.99. The monoisotopic (exact) mass is 290 g/mol. The molecule has 2 N–H and O–H groups in total. The summed E-state index contributed by atoms with van der Waals surface area (Å²) in [5.41, 5.74) is 7.88. The van der Waals surface area contributed by atoms with Crippen LogP contribution in [0.25, 0.3) is 0 Å². The van der Waals surface area contributed by atoms with E-state index in [-0.39, 0.29) is 4.90 Å². The Balaban J connectivity index is 2.37. The van der Waals surface area contributed by atoms with Crippen LogP contribution in [0, 0.1) is 0 Å². The van der Waals surface area contributed by atoms with Crippen molar-refractivity contribution >= 4 is 21.4 Å². The maximum atomic E-state index is 12.5. The van der Waals surface area contributed by atoms with Crippen molar-refractivity contribution in [2.75, 3.05) is 17.1 Å². The Hall–Kier alpha value is -2.01. The topological polar surface area (TPSA) is 63.4 Å². The molecule has 0 aliphatic carbocycles. The zero-order chi connectivity index (χ0) is 14.8. The summed E-state index contributed by atoms with van der Waals surface area (Å²) < 4.78 is 26.3. The number of nitrogens with zero attached hydrogens (tertiary/aromatic N) is 1. The molecule has 106 valence electrons. The molecule has 0 unspecified atom stereocenters. The molecule has 4 nitrogen and oxygen atoms in total. The number of hydrogen-bond donors (Lipinski definition) is 1. The Morgan fingerprint density at radius 3 is 2.30 bits per heavy atom. The van der Waals surface area contributed by atoms with E-state index >= 15 is 0 Å². The van der Waals surface area contributed by atoms with Crippen molar-refractivity contribution in [1.82, 2.24) is 0 Å². The van der Waals surface area contributed by atoms with Crippen LogP contribution in [0.3, 0.4) is 0 Å². The average Bonchev–Trinajstić information content (AvgIpc) is 2.46. The molecule has 2 rings (SSSR count). The summed E-state index contributed by atoms with van der Waals surface area (Å²) in [4.78, 5) is 0.194. The number of anilines is 2. The number of hydrogen-bond acceptors (Lipinski definition) is 3. The van der Waals surface area contributed by atoms with Crippen molar-refractivity contribution in [2.24, 2.45) is 0 Å². The van der Waals surface area contributed by atoms with Crippen molar-refractivity contribution < 1.29 is 8.42 Å². The number of rotatable bonds is 4. The van der Waals surface area contributed by atoms with E-state index < -0.39 is 10.0 Å². The van der Waals surface area contributed by atoms with Crippen molar-refractivity contribution in [2.45, 2.75) is 18.2 Å². The van der Waals surface area contributed by atoms with Gasteiger partial charge in [0.05, 0.1) is 10.6 Å². The fourth-order valence-corrected chi connectivity index (χ4v) is 3.16. The summed E-state index contributed by atoms with van der Waals surface area (Å²) in [6.07, 6.45) is 0.923. The Labute approximate surface area is 119 Å². The van der Waals surface area contributed by atoms with Gasteiger partial charge in [0.1, 0.15) is 0 Å². The molecule has 0 spiro atoms. The van der Waals surface area contributed by atoms with Gasteiger partial charge in [-0.2, -0.15) is 0 Å². The molecular weight excluding hydrogens is 272 g/mol. The number of nitrogen functional groups attached to an aromatic ring is 1. The van der Waals surface area contributed by atoms with Gasteiger partial charge in [-0.05, 0) is 42.3 Å². The minimum absolute atomic E-state index is 0.194. The Morgan fingerprint density at radius 1 is 1.10 bits per heavy atom. The summed E-state index contributed by atoms with van der Waals surface area (Å²) in [6, 6.07) is 13.8. The van der Waals surface area contributed by atoms with Crippen LogP contribution < -0.4 is 10.0 Å². The molecule has 0 aliphatic heterocycles. The molecule has 0 amide bonds. The standard InChI is InChI=1S/C15H18N2O2S/c1-3-12-7-9-14(10-8-12)17(2)20(18,19)15-6-4-5-13(16)11-15/h4-11H,3,16H2,1-2H3. The largest absolute Gasteiger partial charge is 0.399 e. The van der Waals surface area contributed by atoms with Crippen LogP contribution in [0.15, 0.2) is 53.4 Å². The molecule has 0 bridgehead atoms. The van der Waals surface area contributed by atoms with Crippen LogP contribution in [0.5, 0.6) is 0 Å². The molecule has 0 saturated carbocycles. The first-order chi connectivity index (χ1) is 9.45. The number of sulfonamides is 1. The summed E-state index contributed by atoms with van der Waals surface area (Å²) in [5.74, 6) is 0. The second kappa shape index (κ2) is 5.54.